The first-order valence-electron chi connectivity index (χ1n) is 4.86. The van der Waals surface area contributed by atoms with E-state index >= 15 is 0 Å². The molecule has 0 amide bonds. The van der Waals surface area contributed by atoms with Crippen molar-refractivity contribution < 1.29 is 0 Å². The molecule has 0 radical (unpaired) electrons. The molecule has 1 atom stereocenters. The Labute approximate surface area is 78.6 Å². The van der Waals surface area contributed by atoms with Crippen molar-refractivity contribution in [3.8, 4) is 0 Å². The van der Waals surface area contributed by atoms with E-state index in [9.17, 15) is 0 Å². The molecule has 0 aromatic carbocycles. The van der Waals surface area contributed by atoms with Crippen molar-refractivity contribution in [1.29, 1.82) is 0 Å². The van der Waals surface area contributed by atoms with Crippen molar-refractivity contribution in [2.45, 2.75) is 25.8 Å². The summed E-state index contributed by atoms with van der Waals surface area (Å²) in [7, 11) is 0. The number of nitrogens with one attached hydrogen (secondary N) is 1. The van der Waals surface area contributed by atoms with Gasteiger partial charge in [0, 0.05) is 12.4 Å². The molecule has 1 unspecified atom stereocenters. The molecular weight excluding hydrogens is 162 g/mol. The third kappa shape index (κ3) is 2.49. The van der Waals surface area contributed by atoms with Crippen LogP contribution in [0.2, 0.25) is 0 Å². The smallest absolute Gasteiger partial charge is 0.144 e. The van der Waals surface area contributed by atoms with Gasteiger partial charge in [-0.05, 0) is 38.3 Å². The molecule has 0 bridgehead atoms. The summed E-state index contributed by atoms with van der Waals surface area (Å²) in [5.74, 6) is 1.80. The molecule has 0 aliphatic heterocycles. The first-order valence-corrected chi connectivity index (χ1v) is 4.86. The third-order valence-electron chi connectivity index (χ3n) is 2.38. The maximum absolute atomic E-state index is 4.20. The zero-order valence-electron chi connectivity index (χ0n) is 7.90. The number of aromatic nitrogens is 2. The highest BCUT2D eigenvalue weighted by Gasteiger charge is 2.21. The van der Waals surface area contributed by atoms with Gasteiger partial charge in [-0.15, -0.1) is 0 Å². The summed E-state index contributed by atoms with van der Waals surface area (Å²) >= 11 is 0. The van der Waals surface area contributed by atoms with E-state index in [1.807, 2.05) is 6.07 Å². The van der Waals surface area contributed by atoms with Gasteiger partial charge in [0.25, 0.3) is 0 Å². The van der Waals surface area contributed by atoms with E-state index in [4.69, 9.17) is 0 Å². The number of hydrogen-bond acceptors (Lipinski definition) is 3. The van der Waals surface area contributed by atoms with E-state index < -0.39 is 0 Å². The van der Waals surface area contributed by atoms with Gasteiger partial charge in [0.05, 0.1) is 6.04 Å². The molecule has 1 N–H and O–H groups in total. The van der Waals surface area contributed by atoms with Gasteiger partial charge in [-0.3, -0.25) is 0 Å². The monoisotopic (exact) mass is 177 g/mol. The summed E-state index contributed by atoms with van der Waals surface area (Å²) < 4.78 is 0. The van der Waals surface area contributed by atoms with Gasteiger partial charge < -0.3 is 5.32 Å². The van der Waals surface area contributed by atoms with Crippen molar-refractivity contribution in [3.05, 3.63) is 24.3 Å². The molecule has 3 heteroatoms. The predicted octanol–water partition coefficient (Wildman–Crippen LogP) is 1.54. The van der Waals surface area contributed by atoms with Gasteiger partial charge in [-0.25, -0.2) is 9.97 Å². The minimum absolute atomic E-state index is 0.279. The molecule has 1 aromatic heterocycles. The first-order chi connectivity index (χ1) is 6.36. The Morgan fingerprint density at radius 2 is 2.15 bits per heavy atom. The zero-order chi connectivity index (χ0) is 9.10. The summed E-state index contributed by atoms with van der Waals surface area (Å²) in [6.45, 7) is 3.22. The number of nitrogens with zero attached hydrogens (tertiary/aromatic N) is 2. The van der Waals surface area contributed by atoms with Crippen LogP contribution in [0.4, 0.5) is 0 Å². The molecule has 2 rings (SSSR count). The van der Waals surface area contributed by atoms with Crippen molar-refractivity contribution in [1.82, 2.24) is 15.3 Å². The highest BCUT2D eigenvalue weighted by molar-refractivity contribution is 4.94. The minimum atomic E-state index is 0.279. The van der Waals surface area contributed by atoms with Crippen LogP contribution >= 0.6 is 0 Å². The van der Waals surface area contributed by atoms with Crippen LogP contribution < -0.4 is 5.32 Å². The fourth-order valence-electron chi connectivity index (χ4n) is 1.29. The molecule has 1 aliphatic carbocycles. The van der Waals surface area contributed by atoms with Gasteiger partial charge in [-0.1, -0.05) is 0 Å². The van der Waals surface area contributed by atoms with Crippen molar-refractivity contribution >= 4 is 0 Å². The fraction of sp³-hybridized carbons (Fsp3) is 0.600. The van der Waals surface area contributed by atoms with Crippen LogP contribution in [0.25, 0.3) is 0 Å². The maximum atomic E-state index is 4.20. The van der Waals surface area contributed by atoms with Gasteiger partial charge >= 0.3 is 0 Å². The molecule has 1 saturated carbocycles. The summed E-state index contributed by atoms with van der Waals surface area (Å²) in [6.07, 6.45) is 6.35. The zero-order valence-corrected chi connectivity index (χ0v) is 7.90. The van der Waals surface area contributed by atoms with Crippen molar-refractivity contribution in [2.75, 3.05) is 6.54 Å². The van der Waals surface area contributed by atoms with Gasteiger partial charge in [0.15, 0.2) is 0 Å². The van der Waals surface area contributed by atoms with Crippen LogP contribution in [0, 0.1) is 5.92 Å². The molecule has 1 heterocycles. The van der Waals surface area contributed by atoms with Gasteiger partial charge in [0.2, 0.25) is 0 Å². The van der Waals surface area contributed by atoms with E-state index in [1.165, 1.54) is 12.8 Å². The van der Waals surface area contributed by atoms with E-state index in [0.29, 0.717) is 0 Å². The standard InChI is InChI=1S/C10H15N3/c1-8(13-7-9-3-4-9)10-11-5-2-6-12-10/h2,5-6,8-9,13H,3-4,7H2,1H3. The lowest BCUT2D eigenvalue weighted by Crippen LogP contribution is -2.22. The van der Waals surface area contributed by atoms with E-state index in [0.717, 1.165) is 18.3 Å². The van der Waals surface area contributed by atoms with Crippen LogP contribution in [0.15, 0.2) is 18.5 Å². The van der Waals surface area contributed by atoms with E-state index in [2.05, 4.69) is 22.2 Å². The molecule has 0 saturated heterocycles. The number of hydrogen-bond donors (Lipinski definition) is 1. The van der Waals surface area contributed by atoms with Crippen molar-refractivity contribution in [2.24, 2.45) is 5.92 Å². The molecule has 13 heavy (non-hydrogen) atoms. The molecule has 3 nitrogen and oxygen atoms in total. The minimum Gasteiger partial charge on any atom is -0.307 e. The van der Waals surface area contributed by atoms with Crippen LogP contribution in [0.1, 0.15) is 31.6 Å². The second kappa shape index (κ2) is 3.83. The number of rotatable bonds is 4. The molecule has 70 valence electrons. The average molecular weight is 177 g/mol. The highest BCUT2D eigenvalue weighted by Crippen LogP contribution is 2.28. The third-order valence-corrected chi connectivity index (χ3v) is 2.38. The van der Waals surface area contributed by atoms with E-state index in [-0.39, 0.29) is 6.04 Å². The lowest BCUT2D eigenvalue weighted by molar-refractivity contribution is 0.526. The Hall–Kier alpha value is -0.960. The summed E-state index contributed by atoms with van der Waals surface area (Å²) in [5, 5.41) is 3.44. The second-order valence-corrected chi connectivity index (χ2v) is 3.68. The van der Waals surface area contributed by atoms with E-state index in [1.54, 1.807) is 12.4 Å². The highest BCUT2D eigenvalue weighted by atomic mass is 15.0. The van der Waals surface area contributed by atoms with Crippen molar-refractivity contribution in [3.63, 3.8) is 0 Å². The SMILES string of the molecule is CC(NCC1CC1)c1ncccn1. The van der Waals surface area contributed by atoms with Crippen LogP contribution in [0.5, 0.6) is 0 Å². The molecular formula is C10H15N3. The molecule has 1 aromatic rings. The normalized spacial score (nSPS) is 18.5. The Morgan fingerprint density at radius 1 is 1.46 bits per heavy atom. The summed E-state index contributed by atoms with van der Waals surface area (Å²) in [4.78, 5) is 8.41. The largest absolute Gasteiger partial charge is 0.307 e. The predicted molar refractivity (Wildman–Crippen MR) is 51.2 cm³/mol. The second-order valence-electron chi connectivity index (χ2n) is 3.68. The Morgan fingerprint density at radius 3 is 2.77 bits per heavy atom. The first kappa shape index (κ1) is 8.63. The average Bonchev–Trinajstić information content (AvgIpc) is 2.99. The maximum Gasteiger partial charge on any atom is 0.144 e. The fourth-order valence-corrected chi connectivity index (χ4v) is 1.29. The van der Waals surface area contributed by atoms with Crippen LogP contribution in [-0.2, 0) is 0 Å². The quantitative estimate of drug-likeness (QED) is 0.758. The Bertz CT molecular complexity index is 256. The molecule has 0 spiro atoms. The lowest BCUT2D eigenvalue weighted by Gasteiger charge is -2.10. The lowest BCUT2D eigenvalue weighted by atomic mass is 10.3. The molecule has 1 aliphatic rings. The Kier molecular flexibility index (Phi) is 2.54. The summed E-state index contributed by atoms with van der Waals surface area (Å²) in [6, 6.07) is 2.12. The van der Waals surface area contributed by atoms with Gasteiger partial charge in [0.1, 0.15) is 5.82 Å². The van der Waals surface area contributed by atoms with Gasteiger partial charge in [-0.2, -0.15) is 0 Å². The molecule has 1 fully saturated rings. The summed E-state index contributed by atoms with van der Waals surface area (Å²) in [5.41, 5.74) is 0. The Balaban J connectivity index is 1.85. The van der Waals surface area contributed by atoms with Crippen LogP contribution in [0.3, 0.4) is 0 Å². The topological polar surface area (TPSA) is 37.8 Å². The van der Waals surface area contributed by atoms with Crippen LogP contribution in [-0.4, -0.2) is 16.5 Å².